The average Bonchev–Trinajstić information content (AvgIpc) is 3.50. The van der Waals surface area contributed by atoms with E-state index in [4.69, 9.17) is 0 Å². The van der Waals surface area contributed by atoms with Gasteiger partial charge in [-0.05, 0) is 89.0 Å². The number of nitrogens with zero attached hydrogens (tertiary/aromatic N) is 1. The van der Waals surface area contributed by atoms with Crippen LogP contribution in [0.4, 0.5) is 28.4 Å². The van der Waals surface area contributed by atoms with Gasteiger partial charge in [0.15, 0.2) is 0 Å². The summed E-state index contributed by atoms with van der Waals surface area (Å²) in [7, 11) is 0. The Morgan fingerprint density at radius 1 is 0.500 bits per heavy atom. The van der Waals surface area contributed by atoms with E-state index in [-0.39, 0.29) is 5.41 Å². The minimum Gasteiger partial charge on any atom is -0.355 e. The third-order valence-electron chi connectivity index (χ3n) is 8.61. The van der Waals surface area contributed by atoms with E-state index in [1.165, 1.54) is 42.4 Å². The van der Waals surface area contributed by atoms with Crippen molar-refractivity contribution in [1.29, 1.82) is 0 Å². The van der Waals surface area contributed by atoms with Crippen molar-refractivity contribution in [3.63, 3.8) is 0 Å². The molecule has 202 valence electrons. The molecule has 0 saturated heterocycles. The van der Waals surface area contributed by atoms with Gasteiger partial charge in [-0.1, -0.05) is 86.6 Å². The maximum atomic E-state index is 3.71. The first-order valence-electron chi connectivity index (χ1n) is 14.4. The maximum Gasteiger partial charge on any atom is 0.0468 e. The van der Waals surface area contributed by atoms with Gasteiger partial charge in [0.05, 0.1) is 0 Å². The lowest BCUT2D eigenvalue weighted by molar-refractivity contribution is 0.660. The van der Waals surface area contributed by atoms with Crippen molar-refractivity contribution in [2.75, 3.05) is 10.2 Å². The monoisotopic (exact) mass is 558 g/mol. The summed E-state index contributed by atoms with van der Waals surface area (Å²) in [6.45, 7) is 4.66. The summed E-state index contributed by atoms with van der Waals surface area (Å²) in [5, 5.41) is 6.28. The number of hydrogen-bond donors (Lipinski definition) is 1. The van der Waals surface area contributed by atoms with Crippen LogP contribution < -0.4 is 10.2 Å². The Balaban J connectivity index is 1.15. The second-order valence-corrected chi connectivity index (χ2v) is 12.6. The molecule has 8 rings (SSSR count). The van der Waals surface area contributed by atoms with E-state index in [1.807, 2.05) is 11.3 Å². The summed E-state index contributed by atoms with van der Waals surface area (Å²) in [5.74, 6) is 0. The fourth-order valence-electron chi connectivity index (χ4n) is 6.53. The van der Waals surface area contributed by atoms with E-state index in [9.17, 15) is 0 Å². The Morgan fingerprint density at radius 3 is 1.90 bits per heavy atom. The predicted octanol–water partition coefficient (Wildman–Crippen LogP) is 11.6. The first-order chi connectivity index (χ1) is 20.6. The fourth-order valence-corrected chi connectivity index (χ4v) is 7.66. The zero-order valence-corrected chi connectivity index (χ0v) is 24.5. The van der Waals surface area contributed by atoms with E-state index in [2.05, 4.69) is 164 Å². The number of benzene rings is 6. The van der Waals surface area contributed by atoms with Crippen LogP contribution in [0.3, 0.4) is 0 Å². The lowest BCUT2D eigenvalue weighted by Gasteiger charge is -2.25. The highest BCUT2D eigenvalue weighted by atomic mass is 32.1. The Kier molecular flexibility index (Phi) is 5.70. The van der Waals surface area contributed by atoms with Crippen molar-refractivity contribution in [3.8, 4) is 11.1 Å². The molecule has 42 heavy (non-hydrogen) atoms. The largest absolute Gasteiger partial charge is 0.355 e. The SMILES string of the molecule is CC1(C)c2ccccc2-c2ccc(Nc3ccc4c(c3)sc3ccc(N(c5ccccc5)c5ccccc5)cc34)cc21. The molecular weight excluding hydrogens is 529 g/mol. The van der Waals surface area contributed by atoms with Crippen molar-refractivity contribution in [2.45, 2.75) is 19.3 Å². The molecular formula is C39H30N2S. The van der Waals surface area contributed by atoms with Gasteiger partial charge in [-0.15, -0.1) is 11.3 Å². The van der Waals surface area contributed by atoms with Crippen LogP contribution in [0.25, 0.3) is 31.3 Å². The number of fused-ring (bicyclic) bond motifs is 6. The zero-order valence-electron chi connectivity index (χ0n) is 23.6. The summed E-state index contributed by atoms with van der Waals surface area (Å²) in [6.07, 6.45) is 0. The zero-order chi connectivity index (χ0) is 28.3. The van der Waals surface area contributed by atoms with Crippen molar-refractivity contribution in [1.82, 2.24) is 0 Å². The first-order valence-corrected chi connectivity index (χ1v) is 15.3. The molecule has 1 aromatic heterocycles. The fraction of sp³-hybridized carbons (Fsp3) is 0.0769. The third-order valence-corrected chi connectivity index (χ3v) is 9.75. The first kappa shape index (κ1) is 24.9. The Hall–Kier alpha value is -4.86. The van der Waals surface area contributed by atoms with Crippen molar-refractivity contribution in [2.24, 2.45) is 0 Å². The van der Waals surface area contributed by atoms with Crippen LogP contribution in [0, 0.1) is 0 Å². The molecule has 0 atom stereocenters. The number of anilines is 5. The van der Waals surface area contributed by atoms with Gasteiger partial charge < -0.3 is 10.2 Å². The molecule has 0 amide bonds. The van der Waals surface area contributed by atoms with E-state index in [0.29, 0.717) is 0 Å². The predicted molar refractivity (Wildman–Crippen MR) is 181 cm³/mol. The van der Waals surface area contributed by atoms with Crippen LogP contribution in [0.1, 0.15) is 25.0 Å². The molecule has 7 aromatic rings. The summed E-state index contributed by atoms with van der Waals surface area (Å²) in [6, 6.07) is 50.4. The number of thiophene rings is 1. The van der Waals surface area contributed by atoms with E-state index >= 15 is 0 Å². The molecule has 0 bridgehead atoms. The highest BCUT2D eigenvalue weighted by Gasteiger charge is 2.35. The molecule has 3 heteroatoms. The average molecular weight is 559 g/mol. The summed E-state index contributed by atoms with van der Waals surface area (Å²) in [5.41, 5.74) is 11.2. The number of hydrogen-bond acceptors (Lipinski definition) is 3. The summed E-state index contributed by atoms with van der Waals surface area (Å²) in [4.78, 5) is 2.33. The van der Waals surface area contributed by atoms with Gasteiger partial charge in [-0.3, -0.25) is 0 Å². The molecule has 2 nitrogen and oxygen atoms in total. The van der Waals surface area contributed by atoms with Gasteiger partial charge in [0.25, 0.3) is 0 Å². The standard InChI is InChI=1S/C39H30N2S/c1-39(2)35-16-10-9-15-31(35)32-20-17-26(23-36(32)39)40-27-18-21-33-34-25-30(19-22-37(34)42-38(33)24-27)41(28-11-5-3-6-12-28)29-13-7-4-8-14-29/h3-25,40H,1-2H3. The lowest BCUT2D eigenvalue weighted by Crippen LogP contribution is -2.15. The molecule has 0 unspecified atom stereocenters. The summed E-state index contributed by atoms with van der Waals surface area (Å²) < 4.78 is 2.58. The van der Waals surface area contributed by atoms with E-state index in [0.717, 1.165) is 28.4 Å². The van der Waals surface area contributed by atoms with Gasteiger partial charge in [0.1, 0.15) is 0 Å². The van der Waals surface area contributed by atoms with Gasteiger partial charge >= 0.3 is 0 Å². The molecule has 1 aliphatic rings. The molecule has 1 heterocycles. The Bertz CT molecular complexity index is 2050. The topological polar surface area (TPSA) is 15.3 Å². The molecule has 0 saturated carbocycles. The molecule has 0 aliphatic heterocycles. The second kappa shape index (κ2) is 9.61. The molecule has 1 aliphatic carbocycles. The normalized spacial score (nSPS) is 13.2. The minimum atomic E-state index is -0.00978. The van der Waals surface area contributed by atoms with Gasteiger partial charge in [0, 0.05) is 54.0 Å². The lowest BCUT2D eigenvalue weighted by atomic mass is 9.82. The minimum absolute atomic E-state index is 0.00978. The van der Waals surface area contributed by atoms with E-state index < -0.39 is 0 Å². The molecule has 0 spiro atoms. The number of para-hydroxylation sites is 2. The van der Waals surface area contributed by atoms with Gasteiger partial charge in [-0.25, -0.2) is 0 Å². The van der Waals surface area contributed by atoms with Crippen molar-refractivity contribution >= 4 is 59.9 Å². The maximum absolute atomic E-state index is 3.71. The van der Waals surface area contributed by atoms with Crippen molar-refractivity contribution in [3.05, 3.63) is 151 Å². The van der Waals surface area contributed by atoms with Crippen LogP contribution in [-0.4, -0.2) is 0 Å². The summed E-state index contributed by atoms with van der Waals surface area (Å²) >= 11 is 1.85. The molecule has 0 radical (unpaired) electrons. The highest BCUT2D eigenvalue weighted by Crippen LogP contribution is 2.49. The highest BCUT2D eigenvalue weighted by molar-refractivity contribution is 7.25. The van der Waals surface area contributed by atoms with E-state index in [1.54, 1.807) is 0 Å². The van der Waals surface area contributed by atoms with Crippen LogP contribution in [0.2, 0.25) is 0 Å². The molecule has 6 aromatic carbocycles. The Morgan fingerprint density at radius 2 is 1.14 bits per heavy atom. The van der Waals surface area contributed by atoms with Gasteiger partial charge in [0.2, 0.25) is 0 Å². The van der Waals surface area contributed by atoms with Crippen LogP contribution in [0.5, 0.6) is 0 Å². The van der Waals surface area contributed by atoms with Crippen LogP contribution in [-0.2, 0) is 5.41 Å². The second-order valence-electron chi connectivity index (χ2n) is 11.6. The Labute approximate surface area is 250 Å². The van der Waals surface area contributed by atoms with Crippen LogP contribution in [0.15, 0.2) is 140 Å². The number of nitrogens with one attached hydrogen (secondary N) is 1. The quantitative estimate of drug-likeness (QED) is 0.226. The third kappa shape index (κ3) is 4.00. The molecule has 0 fully saturated rings. The smallest absolute Gasteiger partial charge is 0.0468 e. The molecule has 1 N–H and O–H groups in total. The van der Waals surface area contributed by atoms with Crippen LogP contribution >= 0.6 is 11.3 Å². The van der Waals surface area contributed by atoms with Gasteiger partial charge in [-0.2, -0.15) is 0 Å². The number of rotatable bonds is 5. The van der Waals surface area contributed by atoms with Crippen molar-refractivity contribution < 1.29 is 0 Å².